The van der Waals surface area contributed by atoms with Gasteiger partial charge in [-0.2, -0.15) is 0 Å². The maximum absolute atomic E-state index is 2.45. The summed E-state index contributed by atoms with van der Waals surface area (Å²) in [5.41, 5.74) is 11.6. The Morgan fingerprint density at radius 3 is 1.79 bits per heavy atom. The summed E-state index contributed by atoms with van der Waals surface area (Å²) in [6.45, 7) is 0. The lowest BCUT2D eigenvalue weighted by molar-refractivity contribution is 1.18. The Morgan fingerprint density at radius 1 is 0.321 bits per heavy atom. The molecule has 0 atom stereocenters. The van der Waals surface area contributed by atoms with E-state index in [2.05, 4.69) is 228 Å². The standard InChI is InChI=1S/C54H36N2/c1-3-19-41(20-4-1)55(43-32-33-49-48-26-13-14-28-51(48)56(53(49)36-43)42-21-5-2-6-22-42)52-29-15-27-45(40-31-30-37-16-7-8-17-38(37)34-40)54(52)50-35-39-18-9-10-23-44(39)46-24-11-12-25-47(46)50/h1-36H. The molecule has 0 fully saturated rings. The third-order valence-corrected chi connectivity index (χ3v) is 11.3. The zero-order valence-electron chi connectivity index (χ0n) is 30.7. The molecule has 2 heteroatoms. The first-order valence-electron chi connectivity index (χ1n) is 19.3. The molecule has 0 N–H and O–H groups in total. The zero-order chi connectivity index (χ0) is 37.0. The predicted molar refractivity (Wildman–Crippen MR) is 239 cm³/mol. The lowest BCUT2D eigenvalue weighted by Gasteiger charge is -2.30. The molecule has 0 saturated carbocycles. The average molecular weight is 713 g/mol. The van der Waals surface area contributed by atoms with Crippen LogP contribution in [0.5, 0.6) is 0 Å². The van der Waals surface area contributed by atoms with Crippen molar-refractivity contribution in [1.82, 2.24) is 4.57 Å². The highest BCUT2D eigenvalue weighted by molar-refractivity contribution is 6.17. The van der Waals surface area contributed by atoms with Crippen LogP contribution in [0.2, 0.25) is 0 Å². The number of fused-ring (bicyclic) bond motifs is 7. The maximum atomic E-state index is 2.45. The summed E-state index contributed by atoms with van der Waals surface area (Å²) >= 11 is 0. The van der Waals surface area contributed by atoms with Gasteiger partial charge in [-0.3, -0.25) is 0 Å². The van der Waals surface area contributed by atoms with Crippen molar-refractivity contribution in [3.63, 3.8) is 0 Å². The van der Waals surface area contributed by atoms with Gasteiger partial charge in [0, 0.05) is 33.4 Å². The normalized spacial score (nSPS) is 11.6. The lowest BCUT2D eigenvalue weighted by Crippen LogP contribution is -2.12. The molecular formula is C54H36N2. The van der Waals surface area contributed by atoms with Crippen LogP contribution in [-0.2, 0) is 0 Å². The summed E-state index contributed by atoms with van der Waals surface area (Å²) in [5, 5.41) is 9.89. The van der Waals surface area contributed by atoms with Gasteiger partial charge in [-0.05, 0) is 110 Å². The van der Waals surface area contributed by atoms with E-state index in [-0.39, 0.29) is 0 Å². The fourth-order valence-electron chi connectivity index (χ4n) is 8.83. The molecule has 56 heavy (non-hydrogen) atoms. The molecule has 0 amide bonds. The van der Waals surface area contributed by atoms with Gasteiger partial charge in [0.2, 0.25) is 0 Å². The van der Waals surface area contributed by atoms with Crippen LogP contribution < -0.4 is 4.90 Å². The molecule has 11 rings (SSSR count). The van der Waals surface area contributed by atoms with E-state index in [1.54, 1.807) is 0 Å². The Morgan fingerprint density at radius 2 is 0.964 bits per heavy atom. The van der Waals surface area contributed by atoms with E-state index in [9.17, 15) is 0 Å². The van der Waals surface area contributed by atoms with Crippen LogP contribution in [0.3, 0.4) is 0 Å². The summed E-state index contributed by atoms with van der Waals surface area (Å²) in [4.78, 5) is 2.45. The van der Waals surface area contributed by atoms with Gasteiger partial charge in [0.1, 0.15) is 0 Å². The number of hydrogen-bond donors (Lipinski definition) is 0. The van der Waals surface area contributed by atoms with Crippen LogP contribution in [0.4, 0.5) is 17.1 Å². The van der Waals surface area contributed by atoms with Gasteiger partial charge in [-0.1, -0.05) is 158 Å². The highest BCUT2D eigenvalue weighted by Crippen LogP contribution is 2.49. The summed E-state index contributed by atoms with van der Waals surface area (Å²) in [7, 11) is 0. The molecule has 0 aliphatic heterocycles. The molecule has 0 aliphatic rings. The average Bonchev–Trinajstić information content (AvgIpc) is 3.60. The van der Waals surface area contributed by atoms with Gasteiger partial charge >= 0.3 is 0 Å². The van der Waals surface area contributed by atoms with Crippen molar-refractivity contribution < 1.29 is 0 Å². The number of para-hydroxylation sites is 3. The Labute approximate surface area is 325 Å². The first-order chi connectivity index (χ1) is 27.8. The summed E-state index contributed by atoms with van der Waals surface area (Å²) < 4.78 is 2.40. The van der Waals surface area contributed by atoms with Crippen molar-refractivity contribution >= 4 is 71.2 Å². The minimum absolute atomic E-state index is 1.09. The Balaban J connectivity index is 1.25. The molecule has 10 aromatic carbocycles. The van der Waals surface area contributed by atoms with E-state index in [1.807, 2.05) is 0 Å². The van der Waals surface area contributed by atoms with Crippen LogP contribution in [-0.4, -0.2) is 4.57 Å². The molecule has 1 heterocycles. The van der Waals surface area contributed by atoms with Crippen molar-refractivity contribution in [1.29, 1.82) is 0 Å². The minimum Gasteiger partial charge on any atom is -0.310 e. The number of aromatic nitrogens is 1. The number of rotatable bonds is 6. The van der Waals surface area contributed by atoms with Crippen molar-refractivity contribution in [3.8, 4) is 27.9 Å². The molecule has 262 valence electrons. The Bertz CT molecular complexity index is 3250. The number of anilines is 3. The SMILES string of the molecule is c1ccc(N(c2ccc3c4ccccc4n(-c4ccccc4)c3c2)c2cccc(-c3ccc4ccccc4c3)c2-c2cc3ccccc3c3ccccc23)cc1. The molecular weight excluding hydrogens is 677 g/mol. The fourth-order valence-corrected chi connectivity index (χ4v) is 8.83. The molecule has 0 bridgehead atoms. The van der Waals surface area contributed by atoms with Crippen molar-refractivity contribution in [2.24, 2.45) is 0 Å². The van der Waals surface area contributed by atoms with Crippen LogP contribution in [0, 0.1) is 0 Å². The van der Waals surface area contributed by atoms with E-state index in [4.69, 9.17) is 0 Å². The summed E-state index contributed by atoms with van der Waals surface area (Å²) in [5.74, 6) is 0. The molecule has 2 nitrogen and oxygen atoms in total. The molecule has 11 aromatic rings. The predicted octanol–water partition coefficient (Wildman–Crippen LogP) is 15.0. The topological polar surface area (TPSA) is 8.17 Å². The fraction of sp³-hybridized carbons (Fsp3) is 0. The quantitative estimate of drug-likeness (QED) is 0.156. The summed E-state index contributed by atoms with van der Waals surface area (Å²) in [6.07, 6.45) is 0. The van der Waals surface area contributed by atoms with Crippen LogP contribution in [0.1, 0.15) is 0 Å². The largest absolute Gasteiger partial charge is 0.310 e. The van der Waals surface area contributed by atoms with Crippen molar-refractivity contribution in [3.05, 3.63) is 218 Å². The van der Waals surface area contributed by atoms with Gasteiger partial charge in [0.25, 0.3) is 0 Å². The van der Waals surface area contributed by atoms with Gasteiger partial charge in [-0.25, -0.2) is 0 Å². The zero-order valence-corrected chi connectivity index (χ0v) is 30.7. The van der Waals surface area contributed by atoms with Gasteiger partial charge in [0.15, 0.2) is 0 Å². The molecule has 0 aliphatic carbocycles. The third-order valence-electron chi connectivity index (χ3n) is 11.3. The van der Waals surface area contributed by atoms with Crippen LogP contribution in [0.25, 0.3) is 82.1 Å². The van der Waals surface area contributed by atoms with Gasteiger partial charge < -0.3 is 9.47 Å². The Kier molecular flexibility index (Phi) is 7.53. The first-order valence-corrected chi connectivity index (χ1v) is 19.3. The second-order valence-corrected chi connectivity index (χ2v) is 14.5. The molecule has 0 unspecified atom stereocenters. The molecule has 1 aromatic heterocycles. The second kappa shape index (κ2) is 13.2. The molecule has 0 spiro atoms. The van der Waals surface area contributed by atoms with Gasteiger partial charge in [0.05, 0.1) is 16.7 Å². The monoisotopic (exact) mass is 712 g/mol. The number of nitrogens with zero attached hydrogens (tertiary/aromatic N) is 2. The number of benzene rings is 10. The van der Waals surface area contributed by atoms with Gasteiger partial charge in [-0.15, -0.1) is 0 Å². The van der Waals surface area contributed by atoms with Crippen LogP contribution >= 0.6 is 0 Å². The smallest absolute Gasteiger partial charge is 0.0561 e. The first kappa shape index (κ1) is 32.0. The van der Waals surface area contributed by atoms with E-state index in [0.29, 0.717) is 0 Å². The second-order valence-electron chi connectivity index (χ2n) is 14.5. The van der Waals surface area contributed by atoms with E-state index < -0.39 is 0 Å². The maximum Gasteiger partial charge on any atom is 0.0561 e. The Hall–Kier alpha value is -7.42. The molecule has 0 saturated heterocycles. The highest BCUT2D eigenvalue weighted by atomic mass is 15.1. The summed E-state index contributed by atoms with van der Waals surface area (Å²) in [6, 6.07) is 79.7. The third kappa shape index (κ3) is 5.19. The van der Waals surface area contributed by atoms with E-state index >= 15 is 0 Å². The molecule has 0 radical (unpaired) electrons. The minimum atomic E-state index is 1.09. The van der Waals surface area contributed by atoms with Crippen molar-refractivity contribution in [2.45, 2.75) is 0 Å². The number of hydrogen-bond acceptors (Lipinski definition) is 1. The van der Waals surface area contributed by atoms with E-state index in [0.717, 1.165) is 22.7 Å². The van der Waals surface area contributed by atoms with Crippen LogP contribution in [0.15, 0.2) is 218 Å². The lowest BCUT2D eigenvalue weighted by atomic mass is 9.87. The van der Waals surface area contributed by atoms with Crippen molar-refractivity contribution in [2.75, 3.05) is 4.90 Å². The van der Waals surface area contributed by atoms with E-state index in [1.165, 1.54) is 76.4 Å². The highest BCUT2D eigenvalue weighted by Gasteiger charge is 2.24.